The van der Waals surface area contributed by atoms with E-state index in [1.54, 1.807) is 4.68 Å². The summed E-state index contributed by atoms with van der Waals surface area (Å²) in [7, 11) is 1.85. The number of hydrogen-bond donors (Lipinski definition) is 2. The highest BCUT2D eigenvalue weighted by Gasteiger charge is 2.17. The Morgan fingerprint density at radius 1 is 1.50 bits per heavy atom. The van der Waals surface area contributed by atoms with Crippen molar-refractivity contribution in [3.63, 3.8) is 0 Å². The third-order valence-electron chi connectivity index (χ3n) is 2.99. The number of hydrogen-bond acceptors (Lipinski definition) is 4. The van der Waals surface area contributed by atoms with Gasteiger partial charge in [0.2, 0.25) is 0 Å². The first-order valence-corrected chi connectivity index (χ1v) is 6.05. The maximum Gasteiger partial charge on any atom is 0.138 e. The van der Waals surface area contributed by atoms with E-state index in [2.05, 4.69) is 15.5 Å². The Bertz CT molecular complexity index is 537. The summed E-state index contributed by atoms with van der Waals surface area (Å²) in [6.07, 6.45) is 2.16. The number of rotatable bonds is 4. The van der Waals surface area contributed by atoms with E-state index in [-0.39, 0.29) is 6.04 Å². The fraction of sp³-hybridized carbons (Fsp3) is 0.333. The molecule has 1 aromatic heterocycles. The first kappa shape index (κ1) is 13.0. The zero-order chi connectivity index (χ0) is 13.1. The summed E-state index contributed by atoms with van der Waals surface area (Å²) >= 11 is 6.31. The molecule has 2 rings (SSSR count). The normalized spacial score (nSPS) is 12.7. The summed E-state index contributed by atoms with van der Waals surface area (Å²) < 4.78 is 1.73. The lowest BCUT2D eigenvalue weighted by atomic mass is 10.0. The number of aromatic nitrogens is 3. The second-order valence-electron chi connectivity index (χ2n) is 4.20. The molecule has 96 valence electrons. The summed E-state index contributed by atoms with van der Waals surface area (Å²) in [6, 6.07) is 5.83. The van der Waals surface area contributed by atoms with E-state index in [0.717, 1.165) is 22.0 Å². The molecule has 0 bridgehead atoms. The molecule has 0 aliphatic carbocycles. The van der Waals surface area contributed by atoms with Gasteiger partial charge in [-0.05, 0) is 18.1 Å². The fourth-order valence-corrected chi connectivity index (χ4v) is 2.14. The van der Waals surface area contributed by atoms with Crippen LogP contribution in [0.4, 0.5) is 0 Å². The molecule has 0 spiro atoms. The smallest absolute Gasteiger partial charge is 0.138 e. The Balaban J connectivity index is 2.29. The quantitative estimate of drug-likeness (QED) is 0.650. The highest BCUT2D eigenvalue weighted by Crippen LogP contribution is 2.27. The summed E-state index contributed by atoms with van der Waals surface area (Å²) in [5.41, 5.74) is 4.80. The number of hydrazine groups is 1. The number of aryl methyl sites for hydroxylation is 2. The van der Waals surface area contributed by atoms with Crippen LogP contribution in [-0.4, -0.2) is 14.8 Å². The summed E-state index contributed by atoms with van der Waals surface area (Å²) in [5, 5.41) is 4.78. The van der Waals surface area contributed by atoms with E-state index >= 15 is 0 Å². The van der Waals surface area contributed by atoms with Crippen LogP contribution >= 0.6 is 11.6 Å². The zero-order valence-electron chi connectivity index (χ0n) is 10.4. The van der Waals surface area contributed by atoms with Crippen LogP contribution in [0.2, 0.25) is 5.02 Å². The van der Waals surface area contributed by atoms with Gasteiger partial charge in [-0.2, -0.15) is 5.10 Å². The number of nitrogens with two attached hydrogens (primary N) is 1. The molecule has 0 saturated carbocycles. The molecule has 2 aromatic rings. The van der Waals surface area contributed by atoms with Gasteiger partial charge in [-0.25, -0.2) is 4.98 Å². The zero-order valence-corrected chi connectivity index (χ0v) is 11.1. The molecule has 1 aromatic carbocycles. The molecule has 0 fully saturated rings. The van der Waals surface area contributed by atoms with Crippen molar-refractivity contribution >= 4 is 11.6 Å². The van der Waals surface area contributed by atoms with Crippen LogP contribution in [0.3, 0.4) is 0 Å². The first-order valence-electron chi connectivity index (χ1n) is 5.67. The molecule has 0 aliphatic heterocycles. The summed E-state index contributed by atoms with van der Waals surface area (Å²) in [6.45, 7) is 1.97. The lowest BCUT2D eigenvalue weighted by Crippen LogP contribution is -2.30. The second-order valence-corrected chi connectivity index (χ2v) is 4.58. The number of nitrogens with zero attached hydrogens (tertiary/aromatic N) is 3. The Hall–Kier alpha value is -1.43. The monoisotopic (exact) mass is 265 g/mol. The molecule has 1 unspecified atom stereocenters. The van der Waals surface area contributed by atoms with Crippen molar-refractivity contribution in [1.29, 1.82) is 0 Å². The van der Waals surface area contributed by atoms with Crippen molar-refractivity contribution < 1.29 is 0 Å². The van der Waals surface area contributed by atoms with E-state index in [4.69, 9.17) is 17.4 Å². The van der Waals surface area contributed by atoms with Crippen LogP contribution in [0.5, 0.6) is 0 Å². The van der Waals surface area contributed by atoms with Crippen LogP contribution in [-0.2, 0) is 13.5 Å². The minimum Gasteiger partial charge on any atom is -0.271 e. The number of halogens is 1. The lowest BCUT2D eigenvalue weighted by Gasteiger charge is -2.18. The van der Waals surface area contributed by atoms with Crippen LogP contribution in [0.25, 0.3) is 0 Å². The number of nitrogens with one attached hydrogen (secondary N) is 1. The first-order chi connectivity index (χ1) is 8.63. The minimum absolute atomic E-state index is 0.0831. The van der Waals surface area contributed by atoms with Gasteiger partial charge in [-0.3, -0.25) is 16.0 Å². The van der Waals surface area contributed by atoms with Crippen LogP contribution in [0, 0.1) is 6.92 Å². The van der Waals surface area contributed by atoms with Crippen molar-refractivity contribution in [2.45, 2.75) is 19.4 Å². The number of benzene rings is 1. The largest absolute Gasteiger partial charge is 0.271 e. The van der Waals surface area contributed by atoms with E-state index in [1.165, 1.54) is 6.33 Å². The van der Waals surface area contributed by atoms with Crippen molar-refractivity contribution in [2.75, 3.05) is 0 Å². The van der Waals surface area contributed by atoms with E-state index in [9.17, 15) is 0 Å². The van der Waals surface area contributed by atoms with Crippen molar-refractivity contribution in [3.8, 4) is 0 Å². The molecule has 0 amide bonds. The standard InChI is InChI=1S/C12H16ClN5/c1-8-4-3-5-9(12(8)13)10(17-14)6-11-15-7-16-18(11)2/h3-5,7,10,17H,6,14H2,1-2H3. The van der Waals surface area contributed by atoms with Gasteiger partial charge in [0.1, 0.15) is 12.2 Å². The Kier molecular flexibility index (Phi) is 3.96. The second kappa shape index (κ2) is 5.48. The van der Waals surface area contributed by atoms with Gasteiger partial charge >= 0.3 is 0 Å². The third kappa shape index (κ3) is 2.53. The molecule has 0 aliphatic rings. The average molecular weight is 266 g/mol. The Labute approximate surface area is 111 Å². The maximum atomic E-state index is 6.31. The Morgan fingerprint density at radius 2 is 2.28 bits per heavy atom. The molecule has 1 heterocycles. The molecule has 6 heteroatoms. The van der Waals surface area contributed by atoms with E-state index in [0.29, 0.717) is 6.42 Å². The topological polar surface area (TPSA) is 68.8 Å². The molecular weight excluding hydrogens is 250 g/mol. The van der Waals surface area contributed by atoms with Gasteiger partial charge in [0.25, 0.3) is 0 Å². The highest BCUT2D eigenvalue weighted by atomic mass is 35.5. The summed E-state index contributed by atoms with van der Waals surface area (Å²) in [4.78, 5) is 4.19. The highest BCUT2D eigenvalue weighted by molar-refractivity contribution is 6.32. The molecule has 3 N–H and O–H groups in total. The molecule has 18 heavy (non-hydrogen) atoms. The third-order valence-corrected chi connectivity index (χ3v) is 3.51. The van der Waals surface area contributed by atoms with Gasteiger partial charge in [-0.1, -0.05) is 29.8 Å². The molecule has 0 radical (unpaired) electrons. The van der Waals surface area contributed by atoms with Crippen LogP contribution < -0.4 is 11.3 Å². The molecule has 0 saturated heterocycles. The van der Waals surface area contributed by atoms with Gasteiger partial charge in [0.15, 0.2) is 0 Å². The van der Waals surface area contributed by atoms with Crippen molar-refractivity contribution in [1.82, 2.24) is 20.2 Å². The van der Waals surface area contributed by atoms with Gasteiger partial charge in [-0.15, -0.1) is 0 Å². The molecule has 5 nitrogen and oxygen atoms in total. The lowest BCUT2D eigenvalue weighted by molar-refractivity contribution is 0.523. The van der Waals surface area contributed by atoms with E-state index < -0.39 is 0 Å². The Morgan fingerprint density at radius 3 is 2.89 bits per heavy atom. The SMILES string of the molecule is Cc1cccc(C(Cc2ncnn2C)NN)c1Cl. The summed E-state index contributed by atoms with van der Waals surface area (Å²) in [5.74, 6) is 6.48. The predicted octanol–water partition coefficient (Wildman–Crippen LogP) is 1.52. The average Bonchev–Trinajstić information content (AvgIpc) is 2.76. The van der Waals surface area contributed by atoms with Gasteiger partial charge in [0.05, 0.1) is 6.04 Å². The van der Waals surface area contributed by atoms with Crippen molar-refractivity contribution in [3.05, 3.63) is 46.5 Å². The maximum absolute atomic E-state index is 6.31. The minimum atomic E-state index is -0.0831. The molecular formula is C12H16ClN5. The predicted molar refractivity (Wildman–Crippen MR) is 71.0 cm³/mol. The van der Waals surface area contributed by atoms with Crippen LogP contribution in [0.1, 0.15) is 23.0 Å². The molecule has 1 atom stereocenters. The van der Waals surface area contributed by atoms with Gasteiger partial charge < -0.3 is 0 Å². The van der Waals surface area contributed by atoms with Gasteiger partial charge in [0, 0.05) is 18.5 Å². The fourth-order valence-electron chi connectivity index (χ4n) is 1.89. The van der Waals surface area contributed by atoms with Crippen molar-refractivity contribution in [2.24, 2.45) is 12.9 Å². The van der Waals surface area contributed by atoms with E-state index in [1.807, 2.05) is 32.2 Å². The van der Waals surface area contributed by atoms with Crippen LogP contribution in [0.15, 0.2) is 24.5 Å².